The van der Waals surface area contributed by atoms with E-state index in [1.54, 1.807) is 43.5 Å². The Morgan fingerprint density at radius 2 is 1.67 bits per heavy atom. The third kappa shape index (κ3) is 14.4. The molecule has 0 aliphatic heterocycles. The van der Waals surface area contributed by atoms with Gasteiger partial charge in [0.05, 0.1) is 0 Å². The fourth-order valence-electron chi connectivity index (χ4n) is 4.17. The Morgan fingerprint density at radius 1 is 1.05 bits per heavy atom. The SMILES string of the molecule is C=CC.C=CC.CC.Cc1cnc(NC2CCCCC2)c(=O)n1CC(=O)NCc1cc(Cl)ccc1OCC(=O)NC1CC1. The summed E-state index contributed by atoms with van der Waals surface area (Å²) in [6, 6.07) is 5.53. The minimum atomic E-state index is -0.331. The van der Waals surface area contributed by atoms with E-state index in [1.165, 1.54) is 11.0 Å². The molecule has 0 saturated heterocycles. The third-order valence-corrected chi connectivity index (χ3v) is 6.54. The number of nitrogens with one attached hydrogen (secondary N) is 3. The second-order valence-electron chi connectivity index (χ2n) is 10.1. The molecule has 2 saturated carbocycles. The van der Waals surface area contributed by atoms with Gasteiger partial charge < -0.3 is 20.7 Å². The van der Waals surface area contributed by atoms with Crippen molar-refractivity contribution in [3.63, 3.8) is 0 Å². The third-order valence-electron chi connectivity index (χ3n) is 6.30. The molecular formula is C33H50ClN5O4. The van der Waals surface area contributed by atoms with Gasteiger partial charge in [0.25, 0.3) is 11.5 Å². The summed E-state index contributed by atoms with van der Waals surface area (Å²) in [5, 5.41) is 9.44. The van der Waals surface area contributed by atoms with Gasteiger partial charge in [-0.2, -0.15) is 0 Å². The number of amides is 2. The van der Waals surface area contributed by atoms with Gasteiger partial charge in [-0.3, -0.25) is 19.0 Å². The molecule has 1 aromatic carbocycles. The van der Waals surface area contributed by atoms with E-state index in [1.807, 2.05) is 27.7 Å². The summed E-state index contributed by atoms with van der Waals surface area (Å²) in [5.74, 6) is 0.243. The molecule has 43 heavy (non-hydrogen) atoms. The smallest absolute Gasteiger partial charge is 0.293 e. The number of rotatable bonds is 10. The van der Waals surface area contributed by atoms with Crippen molar-refractivity contribution in [1.82, 2.24) is 20.2 Å². The number of allylic oxidation sites excluding steroid dienone is 2. The normalized spacial score (nSPS) is 13.7. The van der Waals surface area contributed by atoms with Crippen LogP contribution in [0.3, 0.4) is 0 Å². The maximum absolute atomic E-state index is 13.0. The molecule has 10 heteroatoms. The van der Waals surface area contributed by atoms with E-state index >= 15 is 0 Å². The zero-order valence-corrected chi connectivity index (χ0v) is 27.3. The zero-order chi connectivity index (χ0) is 32.2. The Labute approximate surface area is 262 Å². The average molecular weight is 616 g/mol. The summed E-state index contributed by atoms with van der Waals surface area (Å²) in [6.07, 6.45) is 12.6. The van der Waals surface area contributed by atoms with E-state index in [4.69, 9.17) is 16.3 Å². The molecule has 0 unspecified atom stereocenters. The Morgan fingerprint density at radius 3 is 2.28 bits per heavy atom. The van der Waals surface area contributed by atoms with Crippen molar-refractivity contribution >= 4 is 29.2 Å². The number of halogens is 1. The Hall–Kier alpha value is -3.59. The van der Waals surface area contributed by atoms with E-state index in [0.29, 0.717) is 22.0 Å². The Balaban J connectivity index is 0.00000105. The molecule has 2 aliphatic carbocycles. The number of ether oxygens (including phenoxy) is 1. The molecule has 3 N–H and O–H groups in total. The number of nitrogens with zero attached hydrogens (tertiary/aromatic N) is 2. The number of hydrogen-bond donors (Lipinski definition) is 3. The number of aromatic nitrogens is 2. The molecule has 2 aromatic rings. The van der Waals surface area contributed by atoms with Crippen LogP contribution in [0.5, 0.6) is 5.75 Å². The minimum Gasteiger partial charge on any atom is -0.483 e. The molecule has 0 bridgehead atoms. The van der Waals surface area contributed by atoms with Gasteiger partial charge >= 0.3 is 0 Å². The molecule has 238 valence electrons. The number of hydrogen-bond acceptors (Lipinski definition) is 6. The molecule has 9 nitrogen and oxygen atoms in total. The number of carbonyl (C=O) groups excluding carboxylic acids is 2. The van der Waals surface area contributed by atoms with E-state index in [2.05, 4.69) is 34.1 Å². The van der Waals surface area contributed by atoms with Crippen molar-refractivity contribution in [2.24, 2.45) is 0 Å². The molecule has 4 rings (SSSR count). The molecule has 0 spiro atoms. The predicted molar refractivity (Wildman–Crippen MR) is 177 cm³/mol. The summed E-state index contributed by atoms with van der Waals surface area (Å²) in [7, 11) is 0. The molecule has 0 radical (unpaired) electrons. The van der Waals surface area contributed by atoms with Crippen molar-refractivity contribution in [1.29, 1.82) is 0 Å². The first-order valence-corrected chi connectivity index (χ1v) is 15.5. The van der Waals surface area contributed by atoms with Gasteiger partial charge in [0.15, 0.2) is 12.4 Å². The minimum absolute atomic E-state index is 0.110. The van der Waals surface area contributed by atoms with Gasteiger partial charge in [-0.25, -0.2) is 4.98 Å². The predicted octanol–water partition coefficient (Wildman–Crippen LogP) is 6.33. The second-order valence-corrected chi connectivity index (χ2v) is 10.5. The van der Waals surface area contributed by atoms with Gasteiger partial charge in [-0.1, -0.05) is 56.9 Å². The molecule has 2 fully saturated rings. The van der Waals surface area contributed by atoms with Crippen molar-refractivity contribution in [3.8, 4) is 5.75 Å². The zero-order valence-electron chi connectivity index (χ0n) is 26.5. The van der Waals surface area contributed by atoms with Gasteiger partial charge in [-0.05, 0) is 64.7 Å². The lowest BCUT2D eigenvalue weighted by Gasteiger charge is -2.23. The number of aryl methyl sites for hydroxylation is 1. The average Bonchev–Trinajstić information content (AvgIpc) is 3.81. The van der Waals surface area contributed by atoms with E-state index in [0.717, 1.165) is 38.5 Å². The van der Waals surface area contributed by atoms with Crippen LogP contribution in [0.4, 0.5) is 5.82 Å². The van der Waals surface area contributed by atoms with E-state index in [-0.39, 0.29) is 55.0 Å². The van der Waals surface area contributed by atoms with Crippen LogP contribution in [-0.4, -0.2) is 40.1 Å². The van der Waals surface area contributed by atoms with Crippen LogP contribution in [-0.2, 0) is 22.7 Å². The van der Waals surface area contributed by atoms with Crippen LogP contribution >= 0.6 is 11.6 Å². The summed E-state index contributed by atoms with van der Waals surface area (Å²) in [5.41, 5.74) is 0.940. The number of carbonyl (C=O) groups is 2. The molecule has 0 atom stereocenters. The fourth-order valence-corrected chi connectivity index (χ4v) is 4.36. The first-order chi connectivity index (χ1) is 20.7. The highest BCUT2D eigenvalue weighted by Crippen LogP contribution is 2.24. The number of benzene rings is 1. The largest absolute Gasteiger partial charge is 0.483 e. The topological polar surface area (TPSA) is 114 Å². The highest BCUT2D eigenvalue weighted by Gasteiger charge is 2.23. The maximum atomic E-state index is 13.0. The van der Waals surface area contributed by atoms with Crippen LogP contribution in [0.1, 0.15) is 83.9 Å². The van der Waals surface area contributed by atoms with Crippen LogP contribution in [0.15, 0.2) is 54.5 Å². The monoisotopic (exact) mass is 615 g/mol. The summed E-state index contributed by atoms with van der Waals surface area (Å²) < 4.78 is 7.09. The van der Waals surface area contributed by atoms with Crippen LogP contribution < -0.4 is 26.2 Å². The van der Waals surface area contributed by atoms with Crippen molar-refractivity contribution in [2.75, 3.05) is 11.9 Å². The molecular weight excluding hydrogens is 566 g/mol. The Kier molecular flexibility index (Phi) is 18.4. The van der Waals surface area contributed by atoms with Crippen LogP contribution in [0.2, 0.25) is 5.02 Å². The standard InChI is InChI=1S/C25H32ClN5O4.2C3H6.C2H6/c1-16-12-28-24(30-19-5-3-2-4-6-19)25(34)31(16)14-22(32)27-13-17-11-18(26)7-10-21(17)35-15-23(33)29-20-8-9-20;2*1-3-2;1-2/h7,10-12,19-20H,2-6,8-9,13-15H2,1H3,(H,27,32)(H,28,30)(H,29,33);2*3H,1H2,2H3;1-2H3. The van der Waals surface area contributed by atoms with Crippen LogP contribution in [0.25, 0.3) is 0 Å². The second kappa shape index (κ2) is 21.2. The summed E-state index contributed by atoms with van der Waals surface area (Å²) in [4.78, 5) is 41.9. The Bertz CT molecular complexity index is 1210. The first-order valence-electron chi connectivity index (χ1n) is 15.2. The van der Waals surface area contributed by atoms with E-state index < -0.39 is 0 Å². The van der Waals surface area contributed by atoms with Crippen molar-refractivity contribution in [2.45, 2.75) is 105 Å². The molecule has 2 amide bonds. The highest BCUT2D eigenvalue weighted by atomic mass is 35.5. The molecule has 2 aliphatic rings. The summed E-state index contributed by atoms with van der Waals surface area (Å²) in [6.45, 7) is 16.2. The molecule has 1 heterocycles. The lowest BCUT2D eigenvalue weighted by Crippen LogP contribution is -2.36. The van der Waals surface area contributed by atoms with Gasteiger partial charge in [0, 0.05) is 41.1 Å². The van der Waals surface area contributed by atoms with Crippen molar-refractivity contribution in [3.05, 3.63) is 76.3 Å². The van der Waals surface area contributed by atoms with Gasteiger partial charge in [0.1, 0.15) is 12.3 Å². The first kappa shape index (κ1) is 37.4. The number of anilines is 1. The highest BCUT2D eigenvalue weighted by molar-refractivity contribution is 6.30. The quantitative estimate of drug-likeness (QED) is 0.269. The molecule has 1 aromatic heterocycles. The fraction of sp³-hybridized carbons (Fsp3) is 0.515. The van der Waals surface area contributed by atoms with Crippen molar-refractivity contribution < 1.29 is 14.3 Å². The van der Waals surface area contributed by atoms with Gasteiger partial charge in [-0.15, -0.1) is 13.2 Å². The lowest BCUT2D eigenvalue weighted by molar-refractivity contribution is -0.123. The van der Waals surface area contributed by atoms with Gasteiger partial charge in [0.2, 0.25) is 5.91 Å². The summed E-state index contributed by atoms with van der Waals surface area (Å²) >= 11 is 6.13. The van der Waals surface area contributed by atoms with E-state index in [9.17, 15) is 14.4 Å². The van der Waals surface area contributed by atoms with Crippen LogP contribution in [0, 0.1) is 6.92 Å². The lowest BCUT2D eigenvalue weighted by atomic mass is 9.95. The maximum Gasteiger partial charge on any atom is 0.293 e.